The fourth-order valence-electron chi connectivity index (χ4n) is 1.83. The number of rotatable bonds is 4. The van der Waals surface area contributed by atoms with E-state index in [9.17, 15) is 4.79 Å². The first kappa shape index (κ1) is 14.0. The number of carbonyl (C=O) groups excluding carboxylic acids is 1. The van der Waals surface area contributed by atoms with E-state index >= 15 is 0 Å². The van der Waals surface area contributed by atoms with Crippen LogP contribution in [0, 0.1) is 13.8 Å². The predicted molar refractivity (Wildman–Crippen MR) is 78.8 cm³/mol. The molecule has 0 radical (unpaired) electrons. The van der Waals surface area contributed by atoms with Gasteiger partial charge in [0.15, 0.2) is 0 Å². The monoisotopic (exact) mass is 294 g/mol. The Morgan fingerprint density at radius 1 is 1.37 bits per heavy atom. The van der Waals surface area contributed by atoms with Crippen molar-refractivity contribution in [3.63, 3.8) is 0 Å². The van der Waals surface area contributed by atoms with E-state index in [1.54, 1.807) is 0 Å². The topological polar surface area (TPSA) is 42.0 Å². The number of aryl methyl sites for hydroxylation is 2. The van der Waals surface area contributed by atoms with Crippen LogP contribution in [0.15, 0.2) is 24.3 Å². The van der Waals surface area contributed by atoms with E-state index < -0.39 is 0 Å². The van der Waals surface area contributed by atoms with E-state index in [0.717, 1.165) is 21.8 Å². The van der Waals surface area contributed by atoms with Gasteiger partial charge < -0.3 is 5.32 Å². The molecule has 1 heterocycles. The molecule has 2 rings (SSSR count). The van der Waals surface area contributed by atoms with Gasteiger partial charge in [0, 0.05) is 12.4 Å². The van der Waals surface area contributed by atoms with E-state index in [1.807, 2.05) is 38.1 Å². The molecule has 3 nitrogen and oxygen atoms in total. The fourth-order valence-corrected chi connectivity index (χ4v) is 2.83. The van der Waals surface area contributed by atoms with Crippen molar-refractivity contribution in [2.24, 2.45) is 0 Å². The SMILES string of the molecule is Cc1nc(C)c(C(=O)NCc2cccc(CCl)c2)s1. The summed E-state index contributed by atoms with van der Waals surface area (Å²) in [7, 11) is 0. The van der Waals surface area contributed by atoms with E-state index in [-0.39, 0.29) is 5.91 Å². The van der Waals surface area contributed by atoms with Crippen molar-refractivity contribution in [2.45, 2.75) is 26.3 Å². The zero-order chi connectivity index (χ0) is 13.8. The Hall–Kier alpha value is -1.39. The molecule has 0 aliphatic heterocycles. The highest BCUT2D eigenvalue weighted by Crippen LogP contribution is 2.17. The second-order valence-electron chi connectivity index (χ2n) is 4.28. The van der Waals surface area contributed by atoms with Crippen molar-refractivity contribution in [1.82, 2.24) is 10.3 Å². The number of nitrogens with one attached hydrogen (secondary N) is 1. The Morgan fingerprint density at radius 2 is 2.11 bits per heavy atom. The lowest BCUT2D eigenvalue weighted by molar-refractivity contribution is 0.0954. The Kier molecular flexibility index (Phi) is 4.56. The molecule has 0 unspecified atom stereocenters. The summed E-state index contributed by atoms with van der Waals surface area (Å²) in [5, 5.41) is 3.82. The molecule has 0 bridgehead atoms. The van der Waals surface area contributed by atoms with Crippen LogP contribution < -0.4 is 5.32 Å². The van der Waals surface area contributed by atoms with Gasteiger partial charge in [0.1, 0.15) is 4.88 Å². The maximum absolute atomic E-state index is 12.0. The van der Waals surface area contributed by atoms with Crippen LogP contribution in [0.1, 0.15) is 31.5 Å². The molecule has 1 aromatic heterocycles. The molecule has 0 fully saturated rings. The molecule has 1 aromatic carbocycles. The summed E-state index contributed by atoms with van der Waals surface area (Å²) in [4.78, 5) is 17.0. The lowest BCUT2D eigenvalue weighted by atomic mass is 10.1. The number of hydrogen-bond donors (Lipinski definition) is 1. The van der Waals surface area contributed by atoms with Crippen LogP contribution in [0.4, 0.5) is 0 Å². The van der Waals surface area contributed by atoms with Gasteiger partial charge in [-0.3, -0.25) is 4.79 Å². The number of carbonyl (C=O) groups is 1. The first-order chi connectivity index (χ1) is 9.10. The second-order valence-corrected chi connectivity index (χ2v) is 5.75. The number of alkyl halides is 1. The van der Waals surface area contributed by atoms with Crippen LogP contribution >= 0.6 is 22.9 Å². The second kappa shape index (κ2) is 6.17. The zero-order valence-electron chi connectivity index (χ0n) is 10.9. The average Bonchev–Trinajstić information content (AvgIpc) is 2.75. The van der Waals surface area contributed by atoms with Crippen molar-refractivity contribution in [3.8, 4) is 0 Å². The molecule has 5 heteroatoms. The van der Waals surface area contributed by atoms with E-state index in [2.05, 4.69) is 10.3 Å². The molecule has 19 heavy (non-hydrogen) atoms. The lowest BCUT2D eigenvalue weighted by Crippen LogP contribution is -2.22. The molecule has 0 atom stereocenters. The molecule has 0 saturated carbocycles. The zero-order valence-corrected chi connectivity index (χ0v) is 12.4. The number of benzene rings is 1. The van der Waals surface area contributed by atoms with Crippen LogP contribution in [0.25, 0.3) is 0 Å². The highest BCUT2D eigenvalue weighted by atomic mass is 35.5. The first-order valence-corrected chi connectivity index (χ1v) is 7.31. The highest BCUT2D eigenvalue weighted by Gasteiger charge is 2.13. The molecular weight excluding hydrogens is 280 g/mol. The van der Waals surface area contributed by atoms with E-state index in [0.29, 0.717) is 17.3 Å². The van der Waals surface area contributed by atoms with Gasteiger partial charge in [-0.15, -0.1) is 22.9 Å². The third-order valence-electron chi connectivity index (χ3n) is 2.71. The van der Waals surface area contributed by atoms with Gasteiger partial charge in [-0.1, -0.05) is 24.3 Å². The molecule has 2 aromatic rings. The summed E-state index contributed by atoms with van der Waals surface area (Å²) in [6, 6.07) is 7.88. The molecule has 100 valence electrons. The number of halogens is 1. The number of hydrogen-bond acceptors (Lipinski definition) is 3. The van der Waals surface area contributed by atoms with E-state index in [1.165, 1.54) is 11.3 Å². The largest absolute Gasteiger partial charge is 0.347 e. The maximum Gasteiger partial charge on any atom is 0.263 e. The Labute approximate surface area is 121 Å². The molecule has 0 aliphatic carbocycles. The van der Waals surface area contributed by atoms with Crippen molar-refractivity contribution in [1.29, 1.82) is 0 Å². The van der Waals surface area contributed by atoms with Gasteiger partial charge >= 0.3 is 0 Å². The standard InChI is InChI=1S/C14H15ClN2OS/c1-9-13(19-10(2)17-9)14(18)16-8-12-5-3-4-11(6-12)7-15/h3-6H,7-8H2,1-2H3,(H,16,18). The lowest BCUT2D eigenvalue weighted by Gasteiger charge is -2.05. The van der Waals surface area contributed by atoms with Crippen molar-refractivity contribution < 1.29 is 4.79 Å². The normalized spacial score (nSPS) is 10.5. The third kappa shape index (κ3) is 3.55. The molecule has 1 N–H and O–H groups in total. The third-order valence-corrected chi connectivity index (χ3v) is 4.09. The number of thiazole rings is 1. The summed E-state index contributed by atoms with van der Waals surface area (Å²) < 4.78 is 0. The van der Waals surface area contributed by atoms with Crippen molar-refractivity contribution in [3.05, 3.63) is 51.0 Å². The number of amides is 1. The minimum absolute atomic E-state index is 0.0700. The maximum atomic E-state index is 12.0. The molecule has 0 aliphatic rings. The molecule has 0 saturated heterocycles. The Balaban J connectivity index is 2.02. The average molecular weight is 295 g/mol. The predicted octanol–water partition coefficient (Wildman–Crippen LogP) is 3.43. The van der Waals surface area contributed by atoms with Crippen LogP contribution in [-0.4, -0.2) is 10.9 Å². The smallest absolute Gasteiger partial charge is 0.263 e. The van der Waals surface area contributed by atoms with Crippen LogP contribution in [0.5, 0.6) is 0 Å². The van der Waals surface area contributed by atoms with Gasteiger partial charge in [-0.25, -0.2) is 4.98 Å². The van der Waals surface area contributed by atoms with Crippen molar-refractivity contribution >= 4 is 28.8 Å². The summed E-state index contributed by atoms with van der Waals surface area (Å²) in [5.41, 5.74) is 2.89. The van der Waals surface area contributed by atoms with Crippen LogP contribution in [0.3, 0.4) is 0 Å². The molecule has 0 spiro atoms. The number of aromatic nitrogens is 1. The summed E-state index contributed by atoms with van der Waals surface area (Å²) in [5.74, 6) is 0.411. The van der Waals surface area contributed by atoms with Crippen molar-refractivity contribution in [2.75, 3.05) is 0 Å². The fraction of sp³-hybridized carbons (Fsp3) is 0.286. The van der Waals surface area contributed by atoms with Crippen LogP contribution in [-0.2, 0) is 12.4 Å². The minimum Gasteiger partial charge on any atom is -0.347 e. The highest BCUT2D eigenvalue weighted by molar-refractivity contribution is 7.13. The van der Waals surface area contributed by atoms with Gasteiger partial charge in [-0.05, 0) is 25.0 Å². The van der Waals surface area contributed by atoms with Crippen LogP contribution in [0.2, 0.25) is 0 Å². The van der Waals surface area contributed by atoms with Gasteiger partial charge in [0.25, 0.3) is 5.91 Å². The summed E-state index contributed by atoms with van der Waals surface area (Å²) in [6.07, 6.45) is 0. The van der Waals surface area contributed by atoms with Gasteiger partial charge in [0.05, 0.1) is 10.7 Å². The molecule has 1 amide bonds. The Bertz CT molecular complexity index is 595. The van der Waals surface area contributed by atoms with Gasteiger partial charge in [0.2, 0.25) is 0 Å². The van der Waals surface area contributed by atoms with Gasteiger partial charge in [-0.2, -0.15) is 0 Å². The number of nitrogens with zero attached hydrogens (tertiary/aromatic N) is 1. The summed E-state index contributed by atoms with van der Waals surface area (Å²) >= 11 is 7.21. The Morgan fingerprint density at radius 3 is 2.74 bits per heavy atom. The minimum atomic E-state index is -0.0700. The van der Waals surface area contributed by atoms with E-state index in [4.69, 9.17) is 11.6 Å². The quantitative estimate of drug-likeness (QED) is 0.878. The first-order valence-electron chi connectivity index (χ1n) is 5.96. The molecular formula is C14H15ClN2OS. The summed E-state index contributed by atoms with van der Waals surface area (Å²) in [6.45, 7) is 4.25.